The molecule has 1 heterocycles. The summed E-state index contributed by atoms with van der Waals surface area (Å²) in [6.45, 7) is 0. The van der Waals surface area contributed by atoms with Gasteiger partial charge in [0.1, 0.15) is 0 Å². The van der Waals surface area contributed by atoms with Gasteiger partial charge in [0.2, 0.25) is 0 Å². The molecule has 1 aromatic heterocycles. The number of hydrogen-bond donors (Lipinski definition) is 1. The number of hydrogen-bond acceptors (Lipinski definition) is 2. The standard InChI is InChI=1S/C13H14Cl3N3/c1-17-12(13-11(16)7-18-19(13)2)5-8-3-4-9(14)6-10(8)15/h3-4,6-7,12,17H,5H2,1-2H3. The Morgan fingerprint density at radius 3 is 2.53 bits per heavy atom. The van der Waals surface area contributed by atoms with Crippen LogP contribution in [-0.4, -0.2) is 16.8 Å². The van der Waals surface area contributed by atoms with Crippen molar-refractivity contribution in [2.24, 2.45) is 7.05 Å². The maximum atomic E-state index is 6.20. The van der Waals surface area contributed by atoms with E-state index in [1.165, 1.54) is 0 Å². The van der Waals surface area contributed by atoms with Crippen LogP contribution in [0.1, 0.15) is 17.3 Å². The van der Waals surface area contributed by atoms with Crippen molar-refractivity contribution < 1.29 is 0 Å². The SMILES string of the molecule is CNC(Cc1ccc(Cl)cc1Cl)c1c(Cl)cnn1C. The third-order valence-corrected chi connectivity index (χ3v) is 3.93. The molecule has 0 spiro atoms. The fraction of sp³-hybridized carbons (Fsp3) is 0.308. The molecular formula is C13H14Cl3N3. The number of likely N-dealkylation sites (N-methyl/N-ethyl adjacent to an activating group) is 1. The van der Waals surface area contributed by atoms with Crippen LogP contribution in [0.2, 0.25) is 15.1 Å². The van der Waals surface area contributed by atoms with Gasteiger partial charge in [-0.15, -0.1) is 0 Å². The molecule has 1 unspecified atom stereocenters. The van der Waals surface area contributed by atoms with Crippen molar-refractivity contribution in [1.82, 2.24) is 15.1 Å². The molecule has 19 heavy (non-hydrogen) atoms. The second-order valence-corrected chi connectivity index (χ2v) is 5.53. The number of rotatable bonds is 4. The Labute approximate surface area is 127 Å². The Morgan fingerprint density at radius 2 is 2.00 bits per heavy atom. The van der Waals surface area contributed by atoms with Crippen molar-refractivity contribution >= 4 is 34.8 Å². The Bertz CT molecular complexity index is 561. The predicted molar refractivity (Wildman–Crippen MR) is 80.2 cm³/mol. The topological polar surface area (TPSA) is 29.9 Å². The lowest BCUT2D eigenvalue weighted by Gasteiger charge is -2.18. The quantitative estimate of drug-likeness (QED) is 0.927. The predicted octanol–water partition coefficient (Wildman–Crippen LogP) is 3.88. The molecule has 1 N–H and O–H groups in total. The van der Waals surface area contributed by atoms with E-state index in [4.69, 9.17) is 34.8 Å². The first-order chi connectivity index (χ1) is 9.02. The molecule has 102 valence electrons. The van der Waals surface area contributed by atoms with Gasteiger partial charge in [0.15, 0.2) is 0 Å². The summed E-state index contributed by atoms with van der Waals surface area (Å²) in [5.74, 6) is 0. The fourth-order valence-electron chi connectivity index (χ4n) is 2.05. The van der Waals surface area contributed by atoms with Crippen molar-refractivity contribution in [2.75, 3.05) is 7.05 Å². The van der Waals surface area contributed by atoms with Gasteiger partial charge in [-0.25, -0.2) is 0 Å². The van der Waals surface area contributed by atoms with Crippen LogP contribution in [0.5, 0.6) is 0 Å². The van der Waals surface area contributed by atoms with E-state index in [2.05, 4.69) is 10.4 Å². The molecule has 2 aromatic rings. The summed E-state index contributed by atoms with van der Waals surface area (Å²) in [6, 6.07) is 5.55. The number of benzene rings is 1. The molecule has 0 radical (unpaired) electrons. The van der Waals surface area contributed by atoms with Crippen LogP contribution in [0, 0.1) is 0 Å². The van der Waals surface area contributed by atoms with E-state index >= 15 is 0 Å². The molecule has 0 saturated heterocycles. The highest BCUT2D eigenvalue weighted by Crippen LogP contribution is 2.28. The van der Waals surface area contributed by atoms with Gasteiger partial charge in [-0.1, -0.05) is 40.9 Å². The van der Waals surface area contributed by atoms with Crippen molar-refractivity contribution in [2.45, 2.75) is 12.5 Å². The van der Waals surface area contributed by atoms with Crippen LogP contribution in [-0.2, 0) is 13.5 Å². The zero-order valence-electron chi connectivity index (χ0n) is 10.6. The summed E-state index contributed by atoms with van der Waals surface area (Å²) in [7, 11) is 3.76. The molecule has 0 aliphatic heterocycles. The minimum absolute atomic E-state index is 0.0404. The molecule has 0 fully saturated rings. The van der Waals surface area contributed by atoms with Crippen molar-refractivity contribution in [3.05, 3.63) is 50.7 Å². The first kappa shape index (κ1) is 14.7. The molecule has 6 heteroatoms. The van der Waals surface area contributed by atoms with Crippen LogP contribution in [0.4, 0.5) is 0 Å². The maximum Gasteiger partial charge on any atom is 0.0834 e. The summed E-state index contributed by atoms with van der Waals surface area (Å²) in [5, 5.41) is 9.33. The summed E-state index contributed by atoms with van der Waals surface area (Å²) < 4.78 is 1.77. The Balaban J connectivity index is 2.29. The van der Waals surface area contributed by atoms with Gasteiger partial charge < -0.3 is 5.32 Å². The molecular weight excluding hydrogens is 305 g/mol. The van der Waals surface area contributed by atoms with E-state index in [-0.39, 0.29) is 6.04 Å². The fourth-order valence-corrected chi connectivity index (χ4v) is 2.84. The summed E-state index contributed by atoms with van der Waals surface area (Å²) in [6.07, 6.45) is 2.36. The highest BCUT2D eigenvalue weighted by molar-refractivity contribution is 6.35. The molecule has 1 aromatic carbocycles. The van der Waals surface area contributed by atoms with Crippen molar-refractivity contribution in [3.63, 3.8) is 0 Å². The average Bonchev–Trinajstić information content (AvgIpc) is 2.69. The van der Waals surface area contributed by atoms with Gasteiger partial charge in [-0.3, -0.25) is 4.68 Å². The molecule has 0 amide bonds. The largest absolute Gasteiger partial charge is 0.311 e. The second kappa shape index (κ2) is 6.14. The van der Waals surface area contributed by atoms with Gasteiger partial charge in [-0.05, 0) is 31.2 Å². The minimum atomic E-state index is 0.0404. The number of nitrogens with one attached hydrogen (secondary N) is 1. The van der Waals surface area contributed by atoms with Crippen LogP contribution >= 0.6 is 34.8 Å². The molecule has 2 rings (SSSR count). The van der Waals surface area contributed by atoms with Gasteiger partial charge in [-0.2, -0.15) is 5.10 Å². The third kappa shape index (κ3) is 3.23. The highest BCUT2D eigenvalue weighted by atomic mass is 35.5. The summed E-state index contributed by atoms with van der Waals surface area (Å²) in [5.41, 5.74) is 1.96. The Morgan fingerprint density at radius 1 is 1.26 bits per heavy atom. The Kier molecular flexibility index (Phi) is 4.74. The number of aryl methyl sites for hydroxylation is 1. The van der Waals surface area contributed by atoms with Crippen molar-refractivity contribution in [3.8, 4) is 0 Å². The van der Waals surface area contributed by atoms with Gasteiger partial charge >= 0.3 is 0 Å². The third-order valence-electron chi connectivity index (χ3n) is 3.06. The zero-order chi connectivity index (χ0) is 14.0. The summed E-state index contributed by atoms with van der Waals surface area (Å²) in [4.78, 5) is 0. The Hall–Kier alpha value is -0.740. The van der Waals surface area contributed by atoms with Crippen LogP contribution in [0.15, 0.2) is 24.4 Å². The monoisotopic (exact) mass is 317 g/mol. The maximum absolute atomic E-state index is 6.20. The zero-order valence-corrected chi connectivity index (χ0v) is 12.9. The van der Waals surface area contributed by atoms with E-state index < -0.39 is 0 Å². The van der Waals surface area contributed by atoms with Crippen LogP contribution in [0.25, 0.3) is 0 Å². The van der Waals surface area contributed by atoms with E-state index in [1.54, 1.807) is 16.9 Å². The molecule has 0 saturated carbocycles. The number of nitrogens with zero attached hydrogens (tertiary/aromatic N) is 2. The first-order valence-corrected chi connectivity index (χ1v) is 6.95. The lowest BCUT2D eigenvalue weighted by molar-refractivity contribution is 0.537. The van der Waals surface area contributed by atoms with Crippen LogP contribution < -0.4 is 5.32 Å². The average molecular weight is 319 g/mol. The summed E-state index contributed by atoms with van der Waals surface area (Å²) >= 11 is 18.3. The van der Waals surface area contributed by atoms with E-state index in [0.717, 1.165) is 11.3 Å². The molecule has 3 nitrogen and oxygen atoms in total. The lowest BCUT2D eigenvalue weighted by atomic mass is 10.0. The minimum Gasteiger partial charge on any atom is -0.311 e. The second-order valence-electron chi connectivity index (χ2n) is 4.28. The van der Waals surface area contributed by atoms with Crippen molar-refractivity contribution in [1.29, 1.82) is 0 Å². The molecule has 0 aliphatic carbocycles. The van der Waals surface area contributed by atoms with E-state index in [9.17, 15) is 0 Å². The van der Waals surface area contributed by atoms with Gasteiger partial charge in [0.25, 0.3) is 0 Å². The molecule has 0 aliphatic rings. The molecule has 1 atom stereocenters. The van der Waals surface area contributed by atoms with Gasteiger partial charge in [0.05, 0.1) is 23.0 Å². The van der Waals surface area contributed by atoms with Crippen LogP contribution in [0.3, 0.4) is 0 Å². The first-order valence-electron chi connectivity index (χ1n) is 5.81. The molecule has 0 bridgehead atoms. The highest BCUT2D eigenvalue weighted by Gasteiger charge is 2.19. The number of halogens is 3. The lowest BCUT2D eigenvalue weighted by Crippen LogP contribution is -2.22. The normalized spacial score (nSPS) is 12.7. The smallest absolute Gasteiger partial charge is 0.0834 e. The van der Waals surface area contributed by atoms with Gasteiger partial charge in [0, 0.05) is 17.1 Å². The van der Waals surface area contributed by atoms with E-state index in [0.29, 0.717) is 21.5 Å². The van der Waals surface area contributed by atoms with E-state index in [1.807, 2.05) is 26.2 Å². The number of aromatic nitrogens is 2.